The third kappa shape index (κ3) is 1.87. The summed E-state index contributed by atoms with van der Waals surface area (Å²) >= 11 is 4.64. The quantitative estimate of drug-likeness (QED) is 0.465. The molecule has 22 heavy (non-hydrogen) atoms. The number of fused-ring (bicyclic) bond motifs is 1. The van der Waals surface area contributed by atoms with Crippen LogP contribution in [-0.4, -0.2) is 46.5 Å². The molecule has 4 atom stereocenters. The Kier molecular flexibility index (Phi) is 3.54. The summed E-state index contributed by atoms with van der Waals surface area (Å²) in [6.07, 6.45) is 2.12. The Morgan fingerprint density at radius 2 is 2.23 bits per heavy atom. The first kappa shape index (κ1) is 15.8. The van der Waals surface area contributed by atoms with E-state index in [1.165, 1.54) is 22.9 Å². The van der Waals surface area contributed by atoms with Gasteiger partial charge in [-0.1, -0.05) is 6.07 Å². The Hall–Kier alpha value is -1.12. The van der Waals surface area contributed by atoms with Crippen molar-refractivity contribution < 1.29 is 19.8 Å². The van der Waals surface area contributed by atoms with E-state index >= 15 is 0 Å². The Bertz CT molecular complexity index is 641. The highest BCUT2D eigenvalue weighted by Crippen LogP contribution is 2.62. The van der Waals surface area contributed by atoms with E-state index in [2.05, 4.69) is 20.9 Å². The molecular formula is C14H15BrN2O4S. The molecule has 6 nitrogen and oxygen atoms in total. The van der Waals surface area contributed by atoms with Crippen LogP contribution in [0.15, 0.2) is 24.5 Å². The van der Waals surface area contributed by atoms with Gasteiger partial charge in [-0.2, -0.15) is 0 Å². The number of alkyl halides is 1. The van der Waals surface area contributed by atoms with Gasteiger partial charge in [0.2, 0.25) is 10.4 Å². The maximum atomic E-state index is 12.5. The van der Waals surface area contributed by atoms with Crippen LogP contribution in [0, 0.1) is 5.92 Å². The monoisotopic (exact) mass is 386 g/mol. The van der Waals surface area contributed by atoms with E-state index in [0.29, 0.717) is 5.56 Å². The van der Waals surface area contributed by atoms with Crippen molar-refractivity contribution in [2.45, 2.75) is 34.5 Å². The summed E-state index contributed by atoms with van der Waals surface area (Å²) in [7, 11) is 0. The lowest BCUT2D eigenvalue weighted by molar-refractivity contribution is -0.171. The molecule has 2 saturated heterocycles. The topological polar surface area (TPSA) is 90.7 Å². The van der Waals surface area contributed by atoms with Gasteiger partial charge >= 0.3 is 5.97 Å². The van der Waals surface area contributed by atoms with Crippen molar-refractivity contribution in [1.82, 2.24) is 9.88 Å². The fourth-order valence-electron chi connectivity index (χ4n) is 3.02. The summed E-state index contributed by atoms with van der Waals surface area (Å²) in [4.78, 5) is 29.5. The Morgan fingerprint density at radius 3 is 2.77 bits per heavy atom. The van der Waals surface area contributed by atoms with E-state index in [0.717, 1.165) is 0 Å². The minimum absolute atomic E-state index is 0.362. The van der Waals surface area contributed by atoms with E-state index in [4.69, 9.17) is 0 Å². The number of hydrogen-bond acceptors (Lipinski definition) is 5. The molecule has 0 saturated carbocycles. The van der Waals surface area contributed by atoms with Gasteiger partial charge in [-0.3, -0.25) is 9.78 Å². The lowest BCUT2D eigenvalue weighted by atomic mass is 9.85. The molecule has 0 aliphatic carbocycles. The van der Waals surface area contributed by atoms with Gasteiger partial charge in [0, 0.05) is 12.4 Å². The lowest BCUT2D eigenvalue weighted by Crippen LogP contribution is -2.68. The number of β-lactam (4-membered cyclic amide) rings is 1. The third-order valence-electron chi connectivity index (χ3n) is 4.28. The molecule has 2 N–H and O–H groups in total. The fraction of sp³-hybridized carbons (Fsp3) is 0.500. The normalized spacial score (nSPS) is 34.0. The number of rotatable bonds is 3. The highest BCUT2D eigenvalue weighted by molar-refractivity contribution is 9.10. The number of halogens is 1. The zero-order valence-corrected chi connectivity index (χ0v) is 14.3. The van der Waals surface area contributed by atoms with Crippen LogP contribution in [0.4, 0.5) is 0 Å². The van der Waals surface area contributed by atoms with E-state index in [1.807, 2.05) is 0 Å². The average Bonchev–Trinajstić information content (AvgIpc) is 2.65. The number of hydrogen-bond donors (Lipinski definition) is 2. The molecule has 3 rings (SSSR count). The minimum atomic E-state index is -1.46. The van der Waals surface area contributed by atoms with Gasteiger partial charge < -0.3 is 15.1 Å². The van der Waals surface area contributed by atoms with Crippen LogP contribution in [0.2, 0.25) is 0 Å². The molecule has 2 aliphatic heterocycles. The largest absolute Gasteiger partial charge is 0.479 e. The van der Waals surface area contributed by atoms with Crippen LogP contribution in [0.1, 0.15) is 25.5 Å². The highest BCUT2D eigenvalue weighted by atomic mass is 79.9. The van der Waals surface area contributed by atoms with Gasteiger partial charge in [0.25, 0.3) is 0 Å². The smallest absolute Gasteiger partial charge is 0.342 e. The number of nitrogens with zero attached hydrogens (tertiary/aromatic N) is 2. The molecule has 0 radical (unpaired) electrons. The number of aliphatic carboxylic acids is 1. The van der Waals surface area contributed by atoms with Gasteiger partial charge in [-0.25, -0.2) is 4.79 Å². The minimum Gasteiger partial charge on any atom is -0.479 e. The number of aromatic nitrogens is 1. The number of aliphatic hydroxyl groups is 1. The van der Waals surface area contributed by atoms with Gasteiger partial charge in [0.1, 0.15) is 0 Å². The predicted molar refractivity (Wildman–Crippen MR) is 84.3 cm³/mol. The predicted octanol–water partition coefficient (Wildman–Crippen LogP) is 1.60. The molecule has 1 unspecified atom stereocenters. The first-order valence-corrected chi connectivity index (χ1v) is 8.40. The molecule has 1 aromatic rings. The summed E-state index contributed by atoms with van der Waals surface area (Å²) in [5.74, 6) is -2.12. The maximum absolute atomic E-state index is 12.5. The molecule has 1 aromatic heterocycles. The second-order valence-corrected chi connectivity index (χ2v) is 8.80. The Labute approximate surface area is 140 Å². The summed E-state index contributed by atoms with van der Waals surface area (Å²) in [5.41, 5.74) is 0.557. The number of pyridine rings is 1. The number of carboxylic acid groups (broad SMARTS) is 1. The SMILES string of the molecule is CC1(C)S[C@@H]2[C@H](C(O)c3cccnc3)C(=O)N2[C@@]1(Br)C(=O)O. The molecular weight excluding hydrogens is 372 g/mol. The van der Waals surface area contributed by atoms with E-state index < -0.39 is 27.2 Å². The second kappa shape index (κ2) is 4.94. The van der Waals surface area contributed by atoms with Gasteiger partial charge in [-0.05, 0) is 41.4 Å². The number of thioether (sulfide) groups is 1. The Balaban J connectivity index is 1.93. The molecule has 3 heterocycles. The zero-order valence-electron chi connectivity index (χ0n) is 11.9. The van der Waals surface area contributed by atoms with Crippen molar-refractivity contribution in [3.63, 3.8) is 0 Å². The van der Waals surface area contributed by atoms with Crippen LogP contribution in [0.3, 0.4) is 0 Å². The molecule has 8 heteroatoms. The van der Waals surface area contributed by atoms with Gasteiger partial charge in [0.05, 0.1) is 22.1 Å². The maximum Gasteiger partial charge on any atom is 0.342 e. The van der Waals surface area contributed by atoms with Crippen molar-refractivity contribution >= 4 is 39.6 Å². The van der Waals surface area contributed by atoms with Crippen molar-refractivity contribution in [2.75, 3.05) is 0 Å². The standard InChI is InChI=1S/C14H15BrN2O4S/c1-13(2)14(15,12(20)21)17-10(19)8(11(17)22-13)9(18)7-4-3-5-16-6-7/h3-6,8-9,11,18H,1-2H3,(H,20,21)/t8-,9?,11-,14+/m1/s1. The van der Waals surface area contributed by atoms with Crippen LogP contribution in [0.5, 0.6) is 0 Å². The first-order chi connectivity index (χ1) is 10.2. The van der Waals surface area contributed by atoms with Crippen molar-refractivity contribution in [2.24, 2.45) is 5.92 Å². The second-order valence-electron chi connectivity index (χ2n) is 5.91. The molecule has 118 valence electrons. The molecule has 0 spiro atoms. The molecule has 1 amide bonds. The van der Waals surface area contributed by atoms with E-state index in [1.54, 1.807) is 32.2 Å². The summed E-state index contributed by atoms with van der Waals surface area (Å²) < 4.78 is -2.18. The number of aliphatic hydroxyl groups excluding tert-OH is 1. The Morgan fingerprint density at radius 1 is 1.55 bits per heavy atom. The molecule has 2 fully saturated rings. The number of carbonyl (C=O) groups excluding carboxylic acids is 1. The molecule has 0 aromatic carbocycles. The number of carboxylic acids is 1. The molecule has 2 aliphatic rings. The van der Waals surface area contributed by atoms with Crippen LogP contribution in [0.25, 0.3) is 0 Å². The summed E-state index contributed by atoms with van der Waals surface area (Å²) in [6.45, 7) is 3.55. The molecule has 0 bridgehead atoms. The van der Waals surface area contributed by atoms with Crippen LogP contribution < -0.4 is 0 Å². The van der Waals surface area contributed by atoms with Gasteiger partial charge in [0.15, 0.2) is 0 Å². The zero-order chi connectivity index (χ0) is 16.3. The third-order valence-corrected chi connectivity index (χ3v) is 7.88. The fourth-order valence-corrected chi connectivity index (χ4v) is 5.56. The lowest BCUT2D eigenvalue weighted by Gasteiger charge is -2.48. The first-order valence-electron chi connectivity index (χ1n) is 6.73. The van der Waals surface area contributed by atoms with Gasteiger partial charge in [-0.15, -0.1) is 11.8 Å². The summed E-state index contributed by atoms with van der Waals surface area (Å²) in [6, 6.07) is 3.40. The van der Waals surface area contributed by atoms with Crippen LogP contribution >= 0.6 is 27.7 Å². The van der Waals surface area contributed by atoms with E-state index in [9.17, 15) is 19.8 Å². The number of amides is 1. The highest BCUT2D eigenvalue weighted by Gasteiger charge is 2.72. The van der Waals surface area contributed by atoms with Crippen molar-refractivity contribution in [3.8, 4) is 0 Å². The van der Waals surface area contributed by atoms with Crippen molar-refractivity contribution in [3.05, 3.63) is 30.1 Å². The summed E-state index contributed by atoms with van der Waals surface area (Å²) in [5, 5.41) is 19.7. The van der Waals surface area contributed by atoms with Crippen LogP contribution in [-0.2, 0) is 9.59 Å². The van der Waals surface area contributed by atoms with Crippen molar-refractivity contribution in [1.29, 1.82) is 0 Å². The number of carbonyl (C=O) groups is 2. The average molecular weight is 387 g/mol. The van der Waals surface area contributed by atoms with E-state index in [-0.39, 0.29) is 11.3 Å².